The number of hydrogen-bond donors (Lipinski definition) is 2. The number of aliphatic hydroxyl groups is 1. The molecule has 1 heterocycles. The minimum atomic E-state index is -0.370. The summed E-state index contributed by atoms with van der Waals surface area (Å²) in [5.74, 6) is 0. The van der Waals surface area contributed by atoms with Gasteiger partial charge in [-0.25, -0.2) is 0 Å². The molecule has 1 aromatic rings. The van der Waals surface area contributed by atoms with E-state index in [4.69, 9.17) is 18.0 Å². The fraction of sp³-hybridized carbons (Fsp3) is 0.400. The molecule has 4 nitrogen and oxygen atoms in total. The number of hydrogen-bond acceptors (Lipinski definition) is 4. The van der Waals surface area contributed by atoms with Crippen molar-refractivity contribution in [1.29, 1.82) is 0 Å². The van der Waals surface area contributed by atoms with E-state index in [1.54, 1.807) is 19.2 Å². The summed E-state index contributed by atoms with van der Waals surface area (Å²) >= 11 is 4.80. The average Bonchev–Trinajstić information content (AvgIpc) is 2.17. The van der Waals surface area contributed by atoms with E-state index < -0.39 is 0 Å². The highest BCUT2D eigenvalue weighted by atomic mass is 32.1. The van der Waals surface area contributed by atoms with Crippen molar-refractivity contribution in [2.45, 2.75) is 13.0 Å². The van der Waals surface area contributed by atoms with Crippen LogP contribution in [0.15, 0.2) is 18.3 Å². The monoisotopic (exact) mass is 225 g/mol. The van der Waals surface area contributed by atoms with Gasteiger partial charge in [0, 0.05) is 13.6 Å². The maximum absolute atomic E-state index is 9.22. The van der Waals surface area contributed by atoms with Crippen LogP contribution in [-0.2, 0) is 0 Å². The smallest absolute Gasteiger partial charge is 0.122 e. The van der Waals surface area contributed by atoms with Crippen LogP contribution in [0.1, 0.15) is 12.6 Å². The Bertz CT molecular complexity index is 337. The zero-order valence-electron chi connectivity index (χ0n) is 8.84. The van der Waals surface area contributed by atoms with Gasteiger partial charge in [-0.05, 0) is 19.1 Å². The summed E-state index contributed by atoms with van der Waals surface area (Å²) in [7, 11) is 1.89. The number of aromatic nitrogens is 1. The molecule has 1 atom stereocenters. The maximum Gasteiger partial charge on any atom is 0.122 e. The summed E-state index contributed by atoms with van der Waals surface area (Å²) in [6.07, 6.45) is 1.32. The molecule has 0 saturated heterocycles. The quantitative estimate of drug-likeness (QED) is 0.732. The Balaban J connectivity index is 2.75. The van der Waals surface area contributed by atoms with Gasteiger partial charge in [-0.3, -0.25) is 4.98 Å². The number of pyridine rings is 1. The first-order chi connectivity index (χ1) is 7.00. The fourth-order valence-corrected chi connectivity index (χ4v) is 1.38. The van der Waals surface area contributed by atoms with Gasteiger partial charge >= 0.3 is 0 Å². The van der Waals surface area contributed by atoms with Gasteiger partial charge in [0.1, 0.15) is 4.99 Å². The number of anilines is 1. The molecule has 1 rings (SSSR count). The number of thiocarbonyl (C=S) groups is 1. The Morgan fingerprint density at radius 3 is 2.73 bits per heavy atom. The molecule has 0 fully saturated rings. The van der Waals surface area contributed by atoms with Gasteiger partial charge < -0.3 is 15.7 Å². The molecule has 15 heavy (non-hydrogen) atoms. The van der Waals surface area contributed by atoms with Gasteiger partial charge in [-0.2, -0.15) is 0 Å². The first-order valence-corrected chi connectivity index (χ1v) is 5.06. The second kappa shape index (κ2) is 5.04. The van der Waals surface area contributed by atoms with Crippen LogP contribution in [0.3, 0.4) is 0 Å². The Labute approximate surface area is 94.7 Å². The van der Waals surface area contributed by atoms with Crippen LogP contribution >= 0.6 is 12.2 Å². The van der Waals surface area contributed by atoms with E-state index in [0.717, 1.165) is 5.69 Å². The molecular weight excluding hydrogens is 210 g/mol. The van der Waals surface area contributed by atoms with Crippen LogP contribution in [-0.4, -0.2) is 34.8 Å². The molecule has 3 N–H and O–H groups in total. The van der Waals surface area contributed by atoms with E-state index in [0.29, 0.717) is 17.2 Å². The predicted octanol–water partition coefficient (Wildman–Crippen LogP) is 0.533. The van der Waals surface area contributed by atoms with Gasteiger partial charge in [0.2, 0.25) is 0 Å². The Morgan fingerprint density at radius 2 is 2.33 bits per heavy atom. The lowest BCUT2D eigenvalue weighted by Crippen LogP contribution is -2.27. The summed E-state index contributed by atoms with van der Waals surface area (Å²) in [5.41, 5.74) is 6.97. The molecule has 0 aliphatic carbocycles. The third-order valence-electron chi connectivity index (χ3n) is 1.98. The highest BCUT2D eigenvalue weighted by Gasteiger charge is 2.05. The van der Waals surface area contributed by atoms with E-state index in [2.05, 4.69) is 4.98 Å². The van der Waals surface area contributed by atoms with Crippen molar-refractivity contribution in [1.82, 2.24) is 4.98 Å². The third kappa shape index (κ3) is 3.45. The minimum absolute atomic E-state index is 0.291. The highest BCUT2D eigenvalue weighted by molar-refractivity contribution is 7.80. The third-order valence-corrected chi connectivity index (χ3v) is 2.19. The van der Waals surface area contributed by atoms with E-state index >= 15 is 0 Å². The van der Waals surface area contributed by atoms with E-state index in [9.17, 15) is 5.11 Å². The molecule has 0 saturated carbocycles. The average molecular weight is 225 g/mol. The molecule has 0 aliphatic heterocycles. The van der Waals surface area contributed by atoms with Crippen molar-refractivity contribution >= 4 is 22.9 Å². The SMILES string of the molecule is CC(O)CN(C)c1ccc(C(N)=S)nc1. The molecule has 0 amide bonds. The molecule has 0 aliphatic rings. The second-order valence-corrected chi connectivity index (χ2v) is 3.94. The number of aliphatic hydroxyl groups excluding tert-OH is 1. The number of rotatable bonds is 4. The van der Waals surface area contributed by atoms with E-state index in [-0.39, 0.29) is 6.10 Å². The zero-order chi connectivity index (χ0) is 11.4. The Morgan fingerprint density at radius 1 is 1.67 bits per heavy atom. The molecular formula is C10H15N3OS. The lowest BCUT2D eigenvalue weighted by atomic mass is 10.3. The zero-order valence-corrected chi connectivity index (χ0v) is 9.66. The van der Waals surface area contributed by atoms with Crippen LogP contribution in [0, 0.1) is 0 Å². The number of likely N-dealkylation sites (N-methyl/N-ethyl adjacent to an activating group) is 1. The molecule has 0 aromatic carbocycles. The van der Waals surface area contributed by atoms with Gasteiger partial charge in [0.05, 0.1) is 23.7 Å². The lowest BCUT2D eigenvalue weighted by Gasteiger charge is -2.20. The van der Waals surface area contributed by atoms with Gasteiger partial charge in [0.15, 0.2) is 0 Å². The second-order valence-electron chi connectivity index (χ2n) is 3.50. The lowest BCUT2D eigenvalue weighted by molar-refractivity contribution is 0.201. The standard InChI is InChI=1S/C10H15N3OS/c1-7(14)6-13(2)8-3-4-9(10(11)15)12-5-8/h3-5,7,14H,6H2,1-2H3,(H2,11,15). The van der Waals surface area contributed by atoms with Crippen LogP contribution in [0.25, 0.3) is 0 Å². The van der Waals surface area contributed by atoms with Crippen molar-refractivity contribution in [3.63, 3.8) is 0 Å². The van der Waals surface area contributed by atoms with E-state index in [1.165, 1.54) is 0 Å². The molecule has 0 radical (unpaired) electrons. The van der Waals surface area contributed by atoms with E-state index in [1.807, 2.05) is 18.0 Å². The van der Waals surface area contributed by atoms with Gasteiger partial charge in [-0.1, -0.05) is 12.2 Å². The Hall–Kier alpha value is -1.20. The molecule has 5 heteroatoms. The molecule has 1 unspecified atom stereocenters. The summed E-state index contributed by atoms with van der Waals surface area (Å²) in [6, 6.07) is 3.65. The summed E-state index contributed by atoms with van der Waals surface area (Å²) in [6.45, 7) is 2.31. The van der Waals surface area contributed by atoms with Crippen molar-refractivity contribution in [2.24, 2.45) is 5.73 Å². The van der Waals surface area contributed by atoms with Gasteiger partial charge in [0.25, 0.3) is 0 Å². The molecule has 0 spiro atoms. The van der Waals surface area contributed by atoms with Crippen LogP contribution in [0.2, 0.25) is 0 Å². The minimum Gasteiger partial charge on any atom is -0.392 e. The van der Waals surface area contributed by atoms with Crippen LogP contribution in [0.5, 0.6) is 0 Å². The predicted molar refractivity (Wildman–Crippen MR) is 65.1 cm³/mol. The van der Waals surface area contributed by atoms with Crippen LogP contribution < -0.4 is 10.6 Å². The summed E-state index contributed by atoms with van der Waals surface area (Å²) < 4.78 is 0. The fourth-order valence-electron chi connectivity index (χ4n) is 1.26. The Kier molecular flexibility index (Phi) is 3.99. The normalized spacial score (nSPS) is 12.2. The van der Waals surface area contributed by atoms with Gasteiger partial charge in [-0.15, -0.1) is 0 Å². The highest BCUT2D eigenvalue weighted by Crippen LogP contribution is 2.11. The topological polar surface area (TPSA) is 62.4 Å². The molecule has 0 bridgehead atoms. The van der Waals surface area contributed by atoms with Crippen molar-refractivity contribution < 1.29 is 5.11 Å². The molecule has 1 aromatic heterocycles. The summed E-state index contributed by atoms with van der Waals surface area (Å²) in [5, 5.41) is 9.22. The maximum atomic E-state index is 9.22. The summed E-state index contributed by atoms with van der Waals surface area (Å²) in [4.78, 5) is 6.33. The molecule has 82 valence electrons. The first kappa shape index (κ1) is 11.9. The van der Waals surface area contributed by atoms with Crippen molar-refractivity contribution in [3.8, 4) is 0 Å². The number of nitrogens with zero attached hydrogens (tertiary/aromatic N) is 2. The first-order valence-electron chi connectivity index (χ1n) is 4.65. The largest absolute Gasteiger partial charge is 0.392 e. The number of nitrogens with two attached hydrogens (primary N) is 1. The van der Waals surface area contributed by atoms with Crippen molar-refractivity contribution in [2.75, 3.05) is 18.5 Å². The van der Waals surface area contributed by atoms with Crippen LogP contribution in [0.4, 0.5) is 5.69 Å². The van der Waals surface area contributed by atoms with Crippen molar-refractivity contribution in [3.05, 3.63) is 24.0 Å².